The van der Waals surface area contributed by atoms with Crippen LogP contribution in [0, 0.1) is 0 Å². The number of benzene rings is 2. The van der Waals surface area contributed by atoms with Crippen LogP contribution in [-0.4, -0.2) is 24.2 Å². The highest BCUT2D eigenvalue weighted by molar-refractivity contribution is 7.89. The number of hydrogen-bond acceptors (Lipinski definition) is 4. The molecule has 138 valence electrons. The zero-order valence-corrected chi connectivity index (χ0v) is 15.6. The molecular formula is C20H19N3O3S. The van der Waals surface area contributed by atoms with Crippen LogP contribution in [-0.2, 0) is 16.4 Å². The summed E-state index contributed by atoms with van der Waals surface area (Å²) in [6.07, 6.45) is 3.95. The highest BCUT2D eigenvalue weighted by Gasteiger charge is 2.19. The molecule has 0 fully saturated rings. The van der Waals surface area contributed by atoms with Crippen molar-refractivity contribution in [2.45, 2.75) is 24.3 Å². The summed E-state index contributed by atoms with van der Waals surface area (Å²) in [4.78, 5) is 0.217. The van der Waals surface area contributed by atoms with Crippen molar-refractivity contribution >= 4 is 21.0 Å². The molecule has 2 aromatic carbocycles. The summed E-state index contributed by atoms with van der Waals surface area (Å²) < 4.78 is 35.4. The van der Waals surface area contributed by atoms with Crippen LogP contribution in [0.1, 0.15) is 12.7 Å². The summed E-state index contributed by atoms with van der Waals surface area (Å²) in [7, 11) is -3.62. The van der Waals surface area contributed by atoms with Crippen LogP contribution >= 0.6 is 0 Å². The van der Waals surface area contributed by atoms with Crippen LogP contribution in [0.4, 0.5) is 0 Å². The number of sulfonamides is 1. The first-order chi connectivity index (χ1) is 13.0. The first-order valence-electron chi connectivity index (χ1n) is 8.61. The molecule has 0 saturated carbocycles. The zero-order chi connectivity index (χ0) is 18.9. The minimum atomic E-state index is -3.62. The smallest absolute Gasteiger partial charge is 0.240 e. The molecule has 7 heteroatoms. The first kappa shape index (κ1) is 17.5. The summed E-state index contributed by atoms with van der Waals surface area (Å²) in [5.41, 5.74) is 1.60. The van der Waals surface area contributed by atoms with Crippen LogP contribution in [0.15, 0.2) is 82.4 Å². The fourth-order valence-electron chi connectivity index (χ4n) is 3.01. The van der Waals surface area contributed by atoms with E-state index in [1.807, 2.05) is 43.3 Å². The van der Waals surface area contributed by atoms with E-state index in [9.17, 15) is 8.42 Å². The average Bonchev–Trinajstić information content (AvgIpc) is 3.30. The lowest BCUT2D eigenvalue weighted by Crippen LogP contribution is -2.34. The summed E-state index contributed by atoms with van der Waals surface area (Å²) in [6, 6.07) is 17.8. The fraction of sp³-hybridized carbons (Fsp3) is 0.150. The van der Waals surface area contributed by atoms with Gasteiger partial charge in [0.2, 0.25) is 10.0 Å². The van der Waals surface area contributed by atoms with Crippen molar-refractivity contribution in [2.24, 2.45) is 0 Å². The van der Waals surface area contributed by atoms with Gasteiger partial charge in [0.05, 0.1) is 10.6 Å². The molecule has 4 aromatic rings. The molecule has 0 aliphatic rings. The monoisotopic (exact) mass is 381 g/mol. The van der Waals surface area contributed by atoms with E-state index in [-0.39, 0.29) is 10.9 Å². The quantitative estimate of drug-likeness (QED) is 0.554. The highest BCUT2D eigenvalue weighted by Crippen LogP contribution is 2.20. The summed E-state index contributed by atoms with van der Waals surface area (Å²) in [5.74, 6) is 0.750. The Balaban J connectivity index is 1.47. The van der Waals surface area contributed by atoms with Crippen molar-refractivity contribution in [3.05, 3.63) is 78.8 Å². The van der Waals surface area contributed by atoms with Gasteiger partial charge in [-0.2, -0.15) is 5.10 Å². The van der Waals surface area contributed by atoms with Crippen LogP contribution in [0.2, 0.25) is 0 Å². The number of rotatable bonds is 6. The van der Waals surface area contributed by atoms with E-state index >= 15 is 0 Å². The maximum atomic E-state index is 12.6. The third kappa shape index (κ3) is 3.79. The Kier molecular flexibility index (Phi) is 4.55. The molecule has 0 aliphatic heterocycles. The molecule has 1 N–H and O–H groups in total. The van der Waals surface area contributed by atoms with Crippen LogP contribution in [0.5, 0.6) is 0 Å². The predicted molar refractivity (Wildman–Crippen MR) is 103 cm³/mol. The van der Waals surface area contributed by atoms with Crippen molar-refractivity contribution in [2.75, 3.05) is 0 Å². The Morgan fingerprint density at radius 1 is 1.11 bits per heavy atom. The van der Waals surface area contributed by atoms with E-state index in [0.717, 1.165) is 22.4 Å². The molecule has 6 nitrogen and oxygen atoms in total. The van der Waals surface area contributed by atoms with E-state index in [2.05, 4.69) is 9.82 Å². The fourth-order valence-corrected chi connectivity index (χ4v) is 4.26. The summed E-state index contributed by atoms with van der Waals surface area (Å²) >= 11 is 0. The number of nitrogens with one attached hydrogen (secondary N) is 1. The zero-order valence-electron chi connectivity index (χ0n) is 14.7. The van der Waals surface area contributed by atoms with E-state index < -0.39 is 10.0 Å². The molecule has 0 saturated heterocycles. The van der Waals surface area contributed by atoms with Gasteiger partial charge in [-0.15, -0.1) is 0 Å². The Labute approximate surface area is 157 Å². The molecule has 1 atom stereocenters. The number of aromatic nitrogens is 2. The van der Waals surface area contributed by atoms with Gasteiger partial charge in [-0.3, -0.25) is 0 Å². The SMILES string of the molecule is C[C@H](Cc1cc2ccccc2o1)NS(=O)(=O)c1ccc(-n2cccn2)cc1. The minimum absolute atomic E-state index is 0.217. The lowest BCUT2D eigenvalue weighted by atomic mass is 10.2. The lowest BCUT2D eigenvalue weighted by molar-refractivity contribution is 0.504. The molecule has 0 spiro atoms. The Bertz CT molecular complexity index is 1110. The minimum Gasteiger partial charge on any atom is -0.461 e. The Morgan fingerprint density at radius 3 is 2.59 bits per heavy atom. The van der Waals surface area contributed by atoms with Crippen molar-refractivity contribution < 1.29 is 12.8 Å². The largest absolute Gasteiger partial charge is 0.461 e. The van der Waals surface area contributed by atoms with Gasteiger partial charge >= 0.3 is 0 Å². The molecule has 0 unspecified atom stereocenters. The second-order valence-electron chi connectivity index (χ2n) is 6.42. The van der Waals surface area contributed by atoms with Crippen molar-refractivity contribution in [1.29, 1.82) is 0 Å². The van der Waals surface area contributed by atoms with Gasteiger partial charge in [0.1, 0.15) is 11.3 Å². The van der Waals surface area contributed by atoms with Crippen molar-refractivity contribution in [3.63, 3.8) is 0 Å². The van der Waals surface area contributed by atoms with Gasteiger partial charge in [-0.25, -0.2) is 17.8 Å². The van der Waals surface area contributed by atoms with Gasteiger partial charge in [0, 0.05) is 30.2 Å². The van der Waals surface area contributed by atoms with Crippen molar-refractivity contribution in [1.82, 2.24) is 14.5 Å². The first-order valence-corrected chi connectivity index (χ1v) is 10.1. The second kappa shape index (κ2) is 7.02. The molecule has 0 bridgehead atoms. The van der Waals surface area contributed by atoms with E-state index in [1.54, 1.807) is 41.3 Å². The predicted octanol–water partition coefficient (Wildman–Crippen LogP) is 3.53. The van der Waals surface area contributed by atoms with Gasteiger partial charge in [-0.1, -0.05) is 18.2 Å². The molecule has 0 aliphatic carbocycles. The van der Waals surface area contributed by atoms with Crippen LogP contribution in [0.3, 0.4) is 0 Å². The Morgan fingerprint density at radius 2 is 1.89 bits per heavy atom. The normalized spacial score (nSPS) is 13.1. The lowest BCUT2D eigenvalue weighted by Gasteiger charge is -2.13. The molecule has 0 radical (unpaired) electrons. The van der Waals surface area contributed by atoms with E-state index in [1.165, 1.54) is 0 Å². The average molecular weight is 381 g/mol. The maximum absolute atomic E-state index is 12.6. The van der Waals surface area contributed by atoms with Crippen LogP contribution in [0.25, 0.3) is 16.7 Å². The molecule has 27 heavy (non-hydrogen) atoms. The Hall–Kier alpha value is -2.90. The van der Waals surface area contributed by atoms with E-state index in [0.29, 0.717) is 6.42 Å². The van der Waals surface area contributed by atoms with Gasteiger partial charge < -0.3 is 4.42 Å². The molecule has 2 heterocycles. The third-order valence-corrected chi connectivity index (χ3v) is 5.86. The third-order valence-electron chi connectivity index (χ3n) is 4.26. The van der Waals surface area contributed by atoms with Crippen molar-refractivity contribution in [3.8, 4) is 5.69 Å². The second-order valence-corrected chi connectivity index (χ2v) is 8.14. The summed E-state index contributed by atoms with van der Waals surface area (Å²) in [6.45, 7) is 1.82. The number of furan rings is 1. The standard InChI is InChI=1S/C20H19N3O3S/c1-15(13-18-14-16-5-2-3-6-20(16)26-18)22-27(24,25)19-9-7-17(8-10-19)23-12-4-11-21-23/h2-12,14-15,22H,13H2,1H3/t15-/m1/s1. The molecular weight excluding hydrogens is 362 g/mol. The number of nitrogens with zero attached hydrogens (tertiary/aromatic N) is 2. The highest BCUT2D eigenvalue weighted by atomic mass is 32.2. The number of fused-ring (bicyclic) bond motifs is 1. The van der Waals surface area contributed by atoms with Crippen LogP contribution < -0.4 is 4.72 Å². The molecule has 2 aromatic heterocycles. The number of para-hydroxylation sites is 1. The number of hydrogen-bond donors (Lipinski definition) is 1. The van der Waals surface area contributed by atoms with Gasteiger partial charge in [0.15, 0.2) is 0 Å². The molecule has 0 amide bonds. The molecule has 4 rings (SSSR count). The van der Waals surface area contributed by atoms with Gasteiger partial charge in [-0.05, 0) is 49.4 Å². The van der Waals surface area contributed by atoms with Gasteiger partial charge in [0.25, 0.3) is 0 Å². The maximum Gasteiger partial charge on any atom is 0.240 e. The summed E-state index contributed by atoms with van der Waals surface area (Å²) in [5, 5.41) is 5.14. The van der Waals surface area contributed by atoms with E-state index in [4.69, 9.17) is 4.42 Å². The topological polar surface area (TPSA) is 77.1 Å².